The standard InChI is InChI=1S/C26H20INO5S/c1-16-8-10-19(11-9-16)25(30)33-23-20(27)12-18(13-21(23)32-2)14-22-24(29)28(26(31)34-22)15-17-6-4-3-5-7-17/h3-14H,15H2,1-2H3/b22-14-. The summed E-state index contributed by atoms with van der Waals surface area (Å²) in [6.07, 6.45) is 1.64. The Labute approximate surface area is 215 Å². The molecular formula is C26H20INO5S. The van der Waals surface area contributed by atoms with Gasteiger partial charge < -0.3 is 9.47 Å². The highest BCUT2D eigenvalue weighted by atomic mass is 127. The minimum atomic E-state index is -0.494. The van der Waals surface area contributed by atoms with E-state index < -0.39 is 5.97 Å². The third-order valence-electron chi connectivity index (χ3n) is 5.09. The van der Waals surface area contributed by atoms with Gasteiger partial charge in [0.1, 0.15) is 0 Å². The van der Waals surface area contributed by atoms with Gasteiger partial charge in [-0.25, -0.2) is 4.79 Å². The van der Waals surface area contributed by atoms with Gasteiger partial charge in [-0.15, -0.1) is 0 Å². The van der Waals surface area contributed by atoms with Crippen LogP contribution < -0.4 is 9.47 Å². The van der Waals surface area contributed by atoms with Crippen LogP contribution in [0.2, 0.25) is 0 Å². The number of thioether (sulfide) groups is 1. The second-order valence-electron chi connectivity index (χ2n) is 7.54. The van der Waals surface area contributed by atoms with E-state index in [-0.39, 0.29) is 17.7 Å². The third-order valence-corrected chi connectivity index (χ3v) is 6.80. The van der Waals surface area contributed by atoms with Crippen LogP contribution in [0.4, 0.5) is 4.79 Å². The van der Waals surface area contributed by atoms with E-state index in [0.717, 1.165) is 22.9 Å². The number of rotatable bonds is 6. The molecule has 8 heteroatoms. The minimum absolute atomic E-state index is 0.220. The minimum Gasteiger partial charge on any atom is -0.493 e. The van der Waals surface area contributed by atoms with Gasteiger partial charge in [-0.3, -0.25) is 14.5 Å². The van der Waals surface area contributed by atoms with Gasteiger partial charge in [0.2, 0.25) is 0 Å². The molecule has 0 N–H and O–H groups in total. The van der Waals surface area contributed by atoms with Crippen LogP contribution in [0.15, 0.2) is 71.6 Å². The van der Waals surface area contributed by atoms with E-state index in [4.69, 9.17) is 9.47 Å². The van der Waals surface area contributed by atoms with Gasteiger partial charge in [0, 0.05) is 0 Å². The summed E-state index contributed by atoms with van der Waals surface area (Å²) in [6.45, 7) is 2.16. The first-order valence-corrected chi connectivity index (χ1v) is 12.2. The summed E-state index contributed by atoms with van der Waals surface area (Å²) in [5, 5.41) is -0.314. The van der Waals surface area contributed by atoms with E-state index >= 15 is 0 Å². The Bertz CT molecular complexity index is 1290. The van der Waals surface area contributed by atoms with Crippen molar-refractivity contribution < 1.29 is 23.9 Å². The first kappa shape index (κ1) is 24.0. The number of nitrogens with zero attached hydrogens (tertiary/aromatic N) is 1. The first-order valence-electron chi connectivity index (χ1n) is 10.3. The molecule has 0 aromatic heterocycles. The van der Waals surface area contributed by atoms with E-state index in [1.165, 1.54) is 12.0 Å². The van der Waals surface area contributed by atoms with Crippen LogP contribution >= 0.6 is 34.4 Å². The number of ether oxygens (including phenoxy) is 2. The predicted molar refractivity (Wildman–Crippen MR) is 140 cm³/mol. The highest BCUT2D eigenvalue weighted by Crippen LogP contribution is 2.38. The predicted octanol–water partition coefficient (Wildman–Crippen LogP) is 6.06. The van der Waals surface area contributed by atoms with Crippen LogP contribution in [0, 0.1) is 10.5 Å². The number of benzene rings is 3. The number of esters is 1. The fourth-order valence-corrected chi connectivity index (χ4v) is 4.89. The van der Waals surface area contributed by atoms with Crippen molar-refractivity contribution in [2.24, 2.45) is 0 Å². The number of carbonyl (C=O) groups excluding carboxylic acids is 3. The molecule has 0 saturated carbocycles. The Kier molecular flexibility index (Phi) is 7.38. The summed E-state index contributed by atoms with van der Waals surface area (Å²) in [5.41, 5.74) is 3.00. The van der Waals surface area contributed by atoms with Crippen LogP contribution in [0.3, 0.4) is 0 Å². The zero-order valence-electron chi connectivity index (χ0n) is 18.4. The number of aryl methyl sites for hydroxylation is 1. The van der Waals surface area contributed by atoms with E-state index in [2.05, 4.69) is 22.6 Å². The molecule has 172 valence electrons. The largest absolute Gasteiger partial charge is 0.493 e. The number of carbonyl (C=O) groups is 3. The number of hydrogen-bond donors (Lipinski definition) is 0. The average Bonchev–Trinajstić information content (AvgIpc) is 3.08. The molecule has 0 atom stereocenters. The summed E-state index contributed by atoms with van der Waals surface area (Å²) < 4.78 is 11.7. The van der Waals surface area contributed by atoms with Crippen molar-refractivity contribution in [1.82, 2.24) is 4.90 Å². The zero-order valence-corrected chi connectivity index (χ0v) is 21.4. The molecular weight excluding hydrogens is 565 g/mol. The average molecular weight is 585 g/mol. The zero-order chi connectivity index (χ0) is 24.2. The SMILES string of the molecule is COc1cc(/C=C2\SC(=O)N(Cc3ccccc3)C2=O)cc(I)c1OC(=O)c1ccc(C)cc1. The Balaban J connectivity index is 1.56. The topological polar surface area (TPSA) is 72.9 Å². The molecule has 1 aliphatic heterocycles. The van der Waals surface area contributed by atoms with Gasteiger partial charge in [0.15, 0.2) is 11.5 Å². The van der Waals surface area contributed by atoms with E-state index in [9.17, 15) is 14.4 Å². The van der Waals surface area contributed by atoms with Crippen molar-refractivity contribution in [3.8, 4) is 11.5 Å². The lowest BCUT2D eigenvalue weighted by molar-refractivity contribution is -0.123. The molecule has 0 unspecified atom stereocenters. The second kappa shape index (κ2) is 10.4. The van der Waals surface area contributed by atoms with Crippen molar-refractivity contribution in [2.75, 3.05) is 7.11 Å². The molecule has 0 radical (unpaired) electrons. The Morgan fingerprint density at radius 3 is 2.44 bits per heavy atom. The van der Waals surface area contributed by atoms with Gasteiger partial charge in [-0.05, 0) is 82.7 Å². The molecule has 0 aliphatic carbocycles. The van der Waals surface area contributed by atoms with Crippen LogP contribution in [-0.2, 0) is 11.3 Å². The van der Waals surface area contributed by atoms with Crippen LogP contribution in [0.1, 0.15) is 27.0 Å². The van der Waals surface area contributed by atoms with Crippen molar-refractivity contribution >= 4 is 57.5 Å². The van der Waals surface area contributed by atoms with Gasteiger partial charge >= 0.3 is 5.97 Å². The number of halogens is 1. The quantitative estimate of drug-likeness (QED) is 0.152. The molecule has 1 saturated heterocycles. The van der Waals surface area contributed by atoms with Gasteiger partial charge in [-0.2, -0.15) is 0 Å². The fraction of sp³-hybridized carbons (Fsp3) is 0.115. The highest BCUT2D eigenvalue weighted by molar-refractivity contribution is 14.1. The molecule has 0 bridgehead atoms. The smallest absolute Gasteiger partial charge is 0.343 e. The summed E-state index contributed by atoms with van der Waals surface area (Å²) in [6, 6.07) is 19.9. The molecule has 1 heterocycles. The van der Waals surface area contributed by atoms with E-state index in [1.54, 1.807) is 30.3 Å². The number of hydrogen-bond acceptors (Lipinski definition) is 6. The second-order valence-corrected chi connectivity index (χ2v) is 9.70. The Morgan fingerprint density at radius 1 is 1.06 bits per heavy atom. The molecule has 34 heavy (non-hydrogen) atoms. The molecule has 6 nitrogen and oxygen atoms in total. The van der Waals surface area contributed by atoms with E-state index in [1.807, 2.05) is 49.4 Å². The molecule has 3 aromatic rings. The van der Waals surface area contributed by atoms with Gasteiger partial charge in [-0.1, -0.05) is 48.0 Å². The van der Waals surface area contributed by atoms with Gasteiger partial charge in [0.25, 0.3) is 11.1 Å². The van der Waals surface area contributed by atoms with Crippen LogP contribution in [0.5, 0.6) is 11.5 Å². The fourth-order valence-electron chi connectivity index (χ4n) is 3.32. The number of methoxy groups -OCH3 is 1. The lowest BCUT2D eigenvalue weighted by Gasteiger charge is -2.13. The van der Waals surface area contributed by atoms with Crippen LogP contribution in [-0.4, -0.2) is 29.1 Å². The van der Waals surface area contributed by atoms with Crippen molar-refractivity contribution in [3.05, 3.63) is 97.5 Å². The monoisotopic (exact) mass is 585 g/mol. The summed E-state index contributed by atoms with van der Waals surface area (Å²) >= 11 is 2.95. The first-order chi connectivity index (χ1) is 16.4. The summed E-state index contributed by atoms with van der Waals surface area (Å²) in [5.74, 6) is -0.196. The Hall–Kier alpha value is -3.11. The lowest BCUT2D eigenvalue weighted by atomic mass is 10.1. The third kappa shape index (κ3) is 5.34. The molecule has 3 aromatic carbocycles. The highest BCUT2D eigenvalue weighted by Gasteiger charge is 2.35. The molecule has 1 aliphatic rings. The van der Waals surface area contributed by atoms with Crippen molar-refractivity contribution in [3.63, 3.8) is 0 Å². The van der Waals surface area contributed by atoms with Crippen molar-refractivity contribution in [2.45, 2.75) is 13.5 Å². The maximum Gasteiger partial charge on any atom is 0.343 e. The lowest BCUT2D eigenvalue weighted by Crippen LogP contribution is -2.27. The molecule has 1 fully saturated rings. The molecule has 2 amide bonds. The number of imide groups is 1. The van der Waals surface area contributed by atoms with Crippen molar-refractivity contribution in [1.29, 1.82) is 0 Å². The van der Waals surface area contributed by atoms with Gasteiger partial charge in [0.05, 0.1) is 27.7 Å². The normalized spacial score (nSPS) is 14.6. The number of amides is 2. The molecule has 4 rings (SSSR count). The van der Waals surface area contributed by atoms with Crippen LogP contribution in [0.25, 0.3) is 6.08 Å². The van der Waals surface area contributed by atoms with E-state index in [0.29, 0.717) is 31.1 Å². The summed E-state index contributed by atoms with van der Waals surface area (Å²) in [7, 11) is 1.48. The molecule has 0 spiro atoms. The summed E-state index contributed by atoms with van der Waals surface area (Å²) in [4.78, 5) is 39.5. The Morgan fingerprint density at radius 2 is 1.76 bits per heavy atom. The maximum atomic E-state index is 12.9. The maximum absolute atomic E-state index is 12.9.